The molecule has 0 bridgehead atoms. The van der Waals surface area contributed by atoms with Gasteiger partial charge in [-0.05, 0) is 6.07 Å². The second kappa shape index (κ2) is 2.45. The lowest BCUT2D eigenvalue weighted by atomic mass is 10.2. The molecule has 0 saturated heterocycles. The number of nitrogens with two attached hydrogens (primary N) is 1. The molecule has 2 heterocycles. The first-order valence-corrected chi connectivity index (χ1v) is 3.70. The van der Waals surface area contributed by atoms with Crippen molar-refractivity contribution in [2.24, 2.45) is 7.05 Å². The molecule has 2 rings (SSSR count). The fourth-order valence-electron chi connectivity index (χ4n) is 1.23. The van der Waals surface area contributed by atoms with Crippen molar-refractivity contribution in [2.75, 3.05) is 5.73 Å². The van der Waals surface area contributed by atoms with Crippen LogP contribution in [0.2, 0.25) is 0 Å². The normalized spacial score (nSPS) is 10.2. The minimum atomic E-state index is 0.405. The van der Waals surface area contributed by atoms with Crippen LogP contribution < -0.4 is 5.73 Å². The predicted molar refractivity (Wildman–Crippen MR) is 47.6 cm³/mol. The summed E-state index contributed by atoms with van der Waals surface area (Å²) in [6.07, 6.45) is 1.50. The molecule has 0 amide bonds. The quantitative estimate of drug-likeness (QED) is 0.626. The van der Waals surface area contributed by atoms with Crippen molar-refractivity contribution in [3.63, 3.8) is 0 Å². The van der Waals surface area contributed by atoms with Crippen LogP contribution in [0.15, 0.2) is 12.3 Å². The standard InChI is InChI=1S/C8H7N5/c1-13-8-6(7(10)12-13)2-5(3-9)4-11-8/h2,4H,1H3,(H2,10,12). The average Bonchev–Trinajstić information content (AvgIpc) is 2.42. The monoisotopic (exact) mass is 173 g/mol. The van der Waals surface area contributed by atoms with Gasteiger partial charge in [-0.2, -0.15) is 10.4 Å². The van der Waals surface area contributed by atoms with Gasteiger partial charge >= 0.3 is 0 Å². The van der Waals surface area contributed by atoms with Gasteiger partial charge in [0.2, 0.25) is 0 Å². The van der Waals surface area contributed by atoms with Crippen LogP contribution in [0.5, 0.6) is 0 Å². The van der Waals surface area contributed by atoms with Crippen molar-refractivity contribution in [2.45, 2.75) is 0 Å². The van der Waals surface area contributed by atoms with Gasteiger partial charge in [-0.3, -0.25) is 0 Å². The summed E-state index contributed by atoms with van der Waals surface area (Å²) in [5.41, 5.74) is 6.80. The molecule has 0 aromatic carbocycles. The van der Waals surface area contributed by atoms with Gasteiger partial charge in [0.1, 0.15) is 6.07 Å². The molecule has 0 aliphatic rings. The van der Waals surface area contributed by atoms with Crippen LogP contribution in [-0.2, 0) is 7.05 Å². The molecule has 2 aromatic rings. The summed E-state index contributed by atoms with van der Waals surface area (Å²) in [6.45, 7) is 0. The Morgan fingerprint density at radius 3 is 3.08 bits per heavy atom. The smallest absolute Gasteiger partial charge is 0.159 e. The molecule has 0 unspecified atom stereocenters. The lowest BCUT2D eigenvalue weighted by Crippen LogP contribution is -1.92. The Morgan fingerprint density at radius 2 is 2.38 bits per heavy atom. The third kappa shape index (κ3) is 0.999. The van der Waals surface area contributed by atoms with Gasteiger partial charge in [0.15, 0.2) is 11.5 Å². The average molecular weight is 173 g/mol. The number of nitriles is 1. The Balaban J connectivity index is 2.86. The molecule has 0 spiro atoms. The molecule has 2 N–H and O–H groups in total. The van der Waals surface area contributed by atoms with Gasteiger partial charge in [0, 0.05) is 13.2 Å². The number of rotatable bonds is 0. The molecule has 0 atom stereocenters. The number of hydrogen-bond acceptors (Lipinski definition) is 4. The highest BCUT2D eigenvalue weighted by molar-refractivity contribution is 5.87. The largest absolute Gasteiger partial charge is 0.382 e. The van der Waals surface area contributed by atoms with Gasteiger partial charge in [-0.15, -0.1) is 0 Å². The van der Waals surface area contributed by atoms with E-state index < -0.39 is 0 Å². The zero-order valence-corrected chi connectivity index (χ0v) is 7.02. The molecule has 5 heteroatoms. The maximum Gasteiger partial charge on any atom is 0.159 e. The topological polar surface area (TPSA) is 80.5 Å². The van der Waals surface area contributed by atoms with E-state index in [-0.39, 0.29) is 0 Å². The second-order valence-electron chi connectivity index (χ2n) is 2.72. The van der Waals surface area contributed by atoms with Crippen LogP contribution in [-0.4, -0.2) is 14.8 Å². The highest BCUT2D eigenvalue weighted by Gasteiger charge is 2.06. The lowest BCUT2D eigenvalue weighted by Gasteiger charge is -1.91. The highest BCUT2D eigenvalue weighted by atomic mass is 15.3. The Morgan fingerprint density at radius 1 is 1.62 bits per heavy atom. The third-order valence-corrected chi connectivity index (χ3v) is 1.84. The van der Waals surface area contributed by atoms with Crippen LogP contribution in [0.25, 0.3) is 11.0 Å². The Hall–Kier alpha value is -2.09. The summed E-state index contributed by atoms with van der Waals surface area (Å²) < 4.78 is 1.59. The summed E-state index contributed by atoms with van der Waals surface area (Å²) in [5, 5.41) is 13.3. The zero-order chi connectivity index (χ0) is 9.42. The van der Waals surface area contributed by atoms with Crippen molar-refractivity contribution in [3.05, 3.63) is 17.8 Å². The number of anilines is 1. The summed E-state index contributed by atoms with van der Waals surface area (Å²) in [5.74, 6) is 0.405. The van der Waals surface area contributed by atoms with Gasteiger partial charge in [0.25, 0.3) is 0 Å². The fourth-order valence-corrected chi connectivity index (χ4v) is 1.23. The minimum Gasteiger partial charge on any atom is -0.382 e. The van der Waals surface area contributed by atoms with Crippen LogP contribution >= 0.6 is 0 Å². The minimum absolute atomic E-state index is 0.405. The van der Waals surface area contributed by atoms with Crippen LogP contribution in [0, 0.1) is 11.3 Å². The molecular formula is C8H7N5. The number of fused-ring (bicyclic) bond motifs is 1. The van der Waals surface area contributed by atoms with E-state index in [9.17, 15) is 0 Å². The molecule has 0 aliphatic carbocycles. The summed E-state index contributed by atoms with van der Waals surface area (Å²) in [7, 11) is 1.76. The van der Waals surface area contributed by atoms with Crippen molar-refractivity contribution >= 4 is 16.9 Å². The van der Waals surface area contributed by atoms with E-state index in [0.717, 1.165) is 5.39 Å². The number of nitrogen functional groups attached to an aromatic ring is 1. The van der Waals surface area contributed by atoms with E-state index in [0.29, 0.717) is 17.0 Å². The van der Waals surface area contributed by atoms with E-state index in [2.05, 4.69) is 10.1 Å². The van der Waals surface area contributed by atoms with E-state index >= 15 is 0 Å². The molecule has 64 valence electrons. The second-order valence-corrected chi connectivity index (χ2v) is 2.72. The van der Waals surface area contributed by atoms with Crippen molar-refractivity contribution < 1.29 is 0 Å². The fraction of sp³-hybridized carbons (Fsp3) is 0.125. The SMILES string of the molecule is Cn1nc(N)c2cc(C#N)cnc21. The number of nitrogens with zero attached hydrogens (tertiary/aromatic N) is 4. The first-order chi connectivity index (χ1) is 6.22. The van der Waals surface area contributed by atoms with Crippen molar-refractivity contribution in [3.8, 4) is 6.07 Å². The molecular weight excluding hydrogens is 166 g/mol. The molecule has 0 fully saturated rings. The zero-order valence-electron chi connectivity index (χ0n) is 7.02. The van der Waals surface area contributed by atoms with Crippen LogP contribution in [0.3, 0.4) is 0 Å². The lowest BCUT2D eigenvalue weighted by molar-refractivity contribution is 0.791. The first-order valence-electron chi connectivity index (χ1n) is 3.70. The molecule has 5 nitrogen and oxygen atoms in total. The summed E-state index contributed by atoms with van der Waals surface area (Å²) >= 11 is 0. The molecule has 0 radical (unpaired) electrons. The molecule has 13 heavy (non-hydrogen) atoms. The van der Waals surface area contributed by atoms with E-state index in [1.165, 1.54) is 6.20 Å². The number of aromatic nitrogens is 3. The van der Waals surface area contributed by atoms with Gasteiger partial charge in [0.05, 0.1) is 10.9 Å². The molecule has 2 aromatic heterocycles. The number of aryl methyl sites for hydroxylation is 1. The predicted octanol–water partition coefficient (Wildman–Crippen LogP) is 0.422. The van der Waals surface area contributed by atoms with Gasteiger partial charge in [-0.1, -0.05) is 0 Å². The number of pyridine rings is 1. The molecule has 0 aliphatic heterocycles. The van der Waals surface area contributed by atoms with Crippen molar-refractivity contribution in [1.82, 2.24) is 14.8 Å². The maximum atomic E-state index is 8.64. The maximum absolute atomic E-state index is 8.64. The molecule has 0 saturated carbocycles. The van der Waals surface area contributed by atoms with E-state index in [4.69, 9.17) is 11.0 Å². The van der Waals surface area contributed by atoms with Gasteiger partial charge in [-0.25, -0.2) is 9.67 Å². The van der Waals surface area contributed by atoms with Gasteiger partial charge < -0.3 is 5.73 Å². The third-order valence-electron chi connectivity index (χ3n) is 1.84. The van der Waals surface area contributed by atoms with Crippen LogP contribution in [0.1, 0.15) is 5.56 Å². The van der Waals surface area contributed by atoms with E-state index in [1.54, 1.807) is 17.8 Å². The Kier molecular flexibility index (Phi) is 1.43. The Bertz CT molecular complexity index is 505. The summed E-state index contributed by atoms with van der Waals surface area (Å²) in [4.78, 5) is 4.07. The van der Waals surface area contributed by atoms with E-state index in [1.807, 2.05) is 6.07 Å². The van der Waals surface area contributed by atoms with Crippen LogP contribution in [0.4, 0.5) is 5.82 Å². The Labute approximate surface area is 74.4 Å². The summed E-state index contributed by atoms with van der Waals surface area (Å²) in [6, 6.07) is 3.69. The number of hydrogen-bond donors (Lipinski definition) is 1. The first kappa shape index (κ1) is 7.55. The van der Waals surface area contributed by atoms with Crippen molar-refractivity contribution in [1.29, 1.82) is 5.26 Å². The highest BCUT2D eigenvalue weighted by Crippen LogP contribution is 2.17.